The second kappa shape index (κ2) is 7.21. The van der Waals surface area contributed by atoms with Crippen molar-refractivity contribution in [1.29, 1.82) is 0 Å². The van der Waals surface area contributed by atoms with Crippen molar-refractivity contribution in [3.8, 4) is 21.7 Å². The van der Waals surface area contributed by atoms with E-state index in [1.807, 2.05) is 25.6 Å². The van der Waals surface area contributed by atoms with Gasteiger partial charge in [0.1, 0.15) is 23.0 Å². The third-order valence-electron chi connectivity index (χ3n) is 5.38. The van der Waals surface area contributed by atoms with Crippen LogP contribution in [-0.2, 0) is 22.1 Å². The van der Waals surface area contributed by atoms with Crippen molar-refractivity contribution in [2.24, 2.45) is 7.05 Å². The third-order valence-corrected chi connectivity index (χ3v) is 6.87. The number of nitrogens with one attached hydrogen (secondary N) is 1. The Morgan fingerprint density at radius 2 is 2.14 bits per heavy atom. The molecule has 1 aliphatic carbocycles. The van der Waals surface area contributed by atoms with Crippen LogP contribution in [0.25, 0.3) is 32.7 Å². The molecule has 150 valence electrons. The standard InChI is InChI=1S/C20H20ClN5O2S/c1-26-10-12(7-24-26)15-6-13-17(14(21)8-22-18(13)25-15)16-9-23-19(29-16)20(4-3-5-20)28-11-27-2/h6-10H,3-5,11H2,1-2H3,(H,22,25). The molecule has 1 aliphatic rings. The van der Waals surface area contributed by atoms with Crippen LogP contribution in [0.2, 0.25) is 5.02 Å². The summed E-state index contributed by atoms with van der Waals surface area (Å²) in [6, 6.07) is 2.07. The highest BCUT2D eigenvalue weighted by Crippen LogP contribution is 2.48. The average molecular weight is 430 g/mol. The normalized spacial score (nSPS) is 15.7. The maximum atomic E-state index is 6.59. The summed E-state index contributed by atoms with van der Waals surface area (Å²) in [5.41, 5.74) is 3.34. The molecule has 1 fully saturated rings. The van der Waals surface area contributed by atoms with Gasteiger partial charge in [-0.25, -0.2) is 9.97 Å². The Morgan fingerprint density at radius 1 is 1.28 bits per heavy atom. The lowest BCUT2D eigenvalue weighted by Gasteiger charge is -2.39. The van der Waals surface area contributed by atoms with Gasteiger partial charge in [0, 0.05) is 49.3 Å². The first-order chi connectivity index (χ1) is 14.1. The van der Waals surface area contributed by atoms with Crippen LogP contribution in [0.15, 0.2) is 30.9 Å². The number of hydrogen-bond donors (Lipinski definition) is 1. The van der Waals surface area contributed by atoms with Crippen LogP contribution >= 0.6 is 22.9 Å². The van der Waals surface area contributed by atoms with Gasteiger partial charge in [0.15, 0.2) is 0 Å². The van der Waals surface area contributed by atoms with E-state index in [2.05, 4.69) is 21.1 Å². The quantitative estimate of drug-likeness (QED) is 0.448. The van der Waals surface area contributed by atoms with Gasteiger partial charge in [0.2, 0.25) is 0 Å². The lowest BCUT2D eigenvalue weighted by molar-refractivity contribution is -0.171. The molecule has 0 radical (unpaired) electrons. The molecule has 0 amide bonds. The highest BCUT2D eigenvalue weighted by Gasteiger charge is 2.42. The molecular weight excluding hydrogens is 410 g/mol. The summed E-state index contributed by atoms with van der Waals surface area (Å²) in [5, 5.41) is 6.79. The first kappa shape index (κ1) is 18.7. The van der Waals surface area contributed by atoms with E-state index in [1.165, 1.54) is 0 Å². The maximum absolute atomic E-state index is 6.59. The zero-order valence-electron chi connectivity index (χ0n) is 16.1. The first-order valence-corrected chi connectivity index (χ1v) is 10.5. The Bertz CT molecular complexity index is 1180. The van der Waals surface area contributed by atoms with E-state index in [9.17, 15) is 0 Å². The molecular formula is C20H20ClN5O2S. The number of H-pyrrole nitrogens is 1. The summed E-state index contributed by atoms with van der Waals surface area (Å²) in [4.78, 5) is 13.5. The Kier molecular flexibility index (Phi) is 4.66. The van der Waals surface area contributed by atoms with Crippen LogP contribution in [0.5, 0.6) is 0 Å². The van der Waals surface area contributed by atoms with Crippen molar-refractivity contribution >= 4 is 34.0 Å². The molecule has 4 aromatic heterocycles. The van der Waals surface area contributed by atoms with Gasteiger partial charge in [-0.1, -0.05) is 11.6 Å². The van der Waals surface area contributed by atoms with E-state index in [-0.39, 0.29) is 12.4 Å². The molecule has 9 heteroatoms. The Morgan fingerprint density at radius 3 is 2.83 bits per heavy atom. The lowest BCUT2D eigenvalue weighted by Crippen LogP contribution is -2.37. The number of fused-ring (bicyclic) bond motifs is 1. The molecule has 1 saturated carbocycles. The predicted octanol–water partition coefficient (Wildman–Crippen LogP) is 4.74. The summed E-state index contributed by atoms with van der Waals surface area (Å²) in [7, 11) is 3.53. The van der Waals surface area contributed by atoms with Gasteiger partial charge in [0.25, 0.3) is 0 Å². The highest BCUT2D eigenvalue weighted by atomic mass is 35.5. The minimum absolute atomic E-state index is 0.265. The fourth-order valence-electron chi connectivity index (χ4n) is 3.71. The molecule has 0 atom stereocenters. The van der Waals surface area contributed by atoms with Crippen LogP contribution in [0.1, 0.15) is 24.3 Å². The van der Waals surface area contributed by atoms with Crippen molar-refractivity contribution in [2.45, 2.75) is 24.9 Å². The molecule has 0 spiro atoms. The second-order valence-electron chi connectivity index (χ2n) is 7.26. The fourth-order valence-corrected chi connectivity index (χ4v) is 5.21. The van der Waals surface area contributed by atoms with Gasteiger partial charge in [-0.15, -0.1) is 11.3 Å². The molecule has 4 heterocycles. The van der Waals surface area contributed by atoms with Gasteiger partial charge in [-0.05, 0) is 25.3 Å². The number of methoxy groups -OCH3 is 1. The summed E-state index contributed by atoms with van der Waals surface area (Å²) in [6.07, 6.45) is 10.4. The summed E-state index contributed by atoms with van der Waals surface area (Å²) >= 11 is 8.21. The molecule has 7 nitrogen and oxygen atoms in total. The smallest absolute Gasteiger partial charge is 0.147 e. The van der Waals surface area contributed by atoms with Gasteiger partial charge in [0.05, 0.1) is 21.8 Å². The molecule has 0 saturated heterocycles. The zero-order valence-corrected chi connectivity index (χ0v) is 17.7. The Hall–Kier alpha value is -2.26. The third kappa shape index (κ3) is 3.16. The number of thiazole rings is 1. The van der Waals surface area contributed by atoms with Crippen molar-refractivity contribution in [2.75, 3.05) is 13.9 Å². The number of pyridine rings is 1. The molecule has 1 N–H and O–H groups in total. The number of nitrogens with zero attached hydrogens (tertiary/aromatic N) is 4. The number of aromatic nitrogens is 5. The van der Waals surface area contributed by atoms with E-state index in [0.717, 1.165) is 57.0 Å². The number of aryl methyl sites for hydroxylation is 1. The molecule has 5 rings (SSSR count). The van der Waals surface area contributed by atoms with Crippen molar-refractivity contribution in [3.05, 3.63) is 40.9 Å². The SMILES string of the molecule is COCOC1(c2ncc(-c3c(Cl)cnc4[nH]c(-c5cnn(C)c5)cc34)s2)CCC1. The lowest BCUT2D eigenvalue weighted by atomic mass is 9.80. The van der Waals surface area contributed by atoms with Gasteiger partial charge in [-0.3, -0.25) is 4.68 Å². The predicted molar refractivity (Wildman–Crippen MR) is 113 cm³/mol. The van der Waals surface area contributed by atoms with Gasteiger partial charge in [-0.2, -0.15) is 5.10 Å². The molecule has 0 unspecified atom stereocenters. The van der Waals surface area contributed by atoms with Gasteiger partial charge >= 0.3 is 0 Å². The van der Waals surface area contributed by atoms with Gasteiger partial charge < -0.3 is 14.5 Å². The Labute approximate surface area is 176 Å². The van der Waals surface area contributed by atoms with E-state index < -0.39 is 0 Å². The number of hydrogen-bond acceptors (Lipinski definition) is 6. The summed E-state index contributed by atoms with van der Waals surface area (Å²) in [5.74, 6) is 0. The molecule has 0 aliphatic heterocycles. The largest absolute Gasteiger partial charge is 0.359 e. The molecule has 29 heavy (non-hydrogen) atoms. The van der Waals surface area contributed by atoms with Crippen LogP contribution in [0.4, 0.5) is 0 Å². The number of rotatable bonds is 6. The van der Waals surface area contributed by atoms with Crippen molar-refractivity contribution in [1.82, 2.24) is 24.7 Å². The zero-order chi connectivity index (χ0) is 20.0. The number of ether oxygens (including phenoxy) is 2. The van der Waals surface area contributed by atoms with Crippen LogP contribution < -0.4 is 0 Å². The first-order valence-electron chi connectivity index (χ1n) is 9.35. The molecule has 0 bridgehead atoms. The van der Waals surface area contributed by atoms with Crippen LogP contribution in [-0.4, -0.2) is 38.6 Å². The van der Waals surface area contributed by atoms with E-state index >= 15 is 0 Å². The minimum Gasteiger partial charge on any atom is -0.359 e. The second-order valence-corrected chi connectivity index (χ2v) is 8.70. The highest BCUT2D eigenvalue weighted by molar-refractivity contribution is 7.15. The topological polar surface area (TPSA) is 77.8 Å². The van der Waals surface area contributed by atoms with Crippen LogP contribution in [0, 0.1) is 0 Å². The fraction of sp³-hybridized carbons (Fsp3) is 0.350. The summed E-state index contributed by atoms with van der Waals surface area (Å²) in [6.45, 7) is 0.265. The van der Waals surface area contributed by atoms with E-state index in [4.69, 9.17) is 26.1 Å². The number of halogens is 1. The van der Waals surface area contributed by atoms with E-state index in [0.29, 0.717) is 5.02 Å². The van der Waals surface area contributed by atoms with Crippen LogP contribution in [0.3, 0.4) is 0 Å². The van der Waals surface area contributed by atoms with Crippen molar-refractivity contribution < 1.29 is 9.47 Å². The van der Waals surface area contributed by atoms with Crippen molar-refractivity contribution in [3.63, 3.8) is 0 Å². The average Bonchev–Trinajstić information content (AvgIpc) is 3.40. The monoisotopic (exact) mass is 429 g/mol. The van der Waals surface area contributed by atoms with E-state index in [1.54, 1.807) is 29.3 Å². The molecule has 4 aromatic rings. The maximum Gasteiger partial charge on any atom is 0.147 e. The molecule has 0 aromatic carbocycles. The number of aromatic amines is 1. The Balaban J connectivity index is 1.57. The minimum atomic E-state index is -0.337. The summed E-state index contributed by atoms with van der Waals surface area (Å²) < 4.78 is 12.9.